The lowest BCUT2D eigenvalue weighted by atomic mass is 10.2. The number of anilines is 1. The van der Waals surface area contributed by atoms with E-state index in [0.717, 1.165) is 5.69 Å². The summed E-state index contributed by atoms with van der Waals surface area (Å²) in [7, 11) is 1.83. The lowest BCUT2D eigenvalue weighted by Crippen LogP contribution is -2.42. The van der Waals surface area contributed by atoms with Crippen molar-refractivity contribution in [2.24, 2.45) is 5.92 Å². The summed E-state index contributed by atoms with van der Waals surface area (Å²) >= 11 is 5.15. The standard InChI is InChI=1S/C12H16N2OS/c1-9(2)11(15)13-12(16)14(3)10-7-5-4-6-8-10/h4-9H,1-3H3,(H,13,15,16). The zero-order valence-electron chi connectivity index (χ0n) is 9.73. The van der Waals surface area contributed by atoms with Crippen molar-refractivity contribution in [3.05, 3.63) is 30.3 Å². The van der Waals surface area contributed by atoms with Gasteiger partial charge in [-0.15, -0.1) is 0 Å². The predicted octanol–water partition coefficient (Wildman–Crippen LogP) is 2.18. The Balaban J connectivity index is 2.65. The number of hydrogen-bond acceptors (Lipinski definition) is 2. The Morgan fingerprint density at radius 2 is 1.88 bits per heavy atom. The van der Waals surface area contributed by atoms with Crippen LogP contribution in [0.3, 0.4) is 0 Å². The number of benzene rings is 1. The molecule has 1 aromatic rings. The molecule has 0 aliphatic heterocycles. The molecule has 0 fully saturated rings. The van der Waals surface area contributed by atoms with Gasteiger partial charge in [-0.3, -0.25) is 4.79 Å². The number of rotatable bonds is 2. The van der Waals surface area contributed by atoms with Crippen LogP contribution in [0.15, 0.2) is 30.3 Å². The first-order chi connectivity index (χ1) is 7.52. The Hall–Kier alpha value is -1.42. The minimum atomic E-state index is -0.0675. The van der Waals surface area contributed by atoms with Crippen LogP contribution in [0, 0.1) is 5.92 Å². The van der Waals surface area contributed by atoms with E-state index in [0.29, 0.717) is 5.11 Å². The Morgan fingerprint density at radius 1 is 1.31 bits per heavy atom. The average Bonchev–Trinajstić information content (AvgIpc) is 2.28. The highest BCUT2D eigenvalue weighted by atomic mass is 32.1. The molecule has 0 bridgehead atoms. The van der Waals surface area contributed by atoms with Gasteiger partial charge >= 0.3 is 0 Å². The summed E-state index contributed by atoms with van der Waals surface area (Å²) < 4.78 is 0. The average molecular weight is 236 g/mol. The fourth-order valence-corrected chi connectivity index (χ4v) is 1.31. The van der Waals surface area contributed by atoms with Gasteiger partial charge in [-0.2, -0.15) is 0 Å². The zero-order chi connectivity index (χ0) is 12.1. The van der Waals surface area contributed by atoms with Gasteiger partial charge < -0.3 is 10.2 Å². The molecule has 1 N–H and O–H groups in total. The van der Waals surface area contributed by atoms with E-state index in [4.69, 9.17) is 12.2 Å². The third kappa shape index (κ3) is 3.31. The number of para-hydroxylation sites is 1. The second-order valence-corrected chi connectivity index (χ2v) is 4.23. The van der Waals surface area contributed by atoms with Crippen LogP contribution in [-0.2, 0) is 4.79 Å². The maximum atomic E-state index is 11.5. The summed E-state index contributed by atoms with van der Waals surface area (Å²) in [6, 6.07) is 9.67. The summed E-state index contributed by atoms with van der Waals surface area (Å²) in [5.74, 6) is -0.130. The molecule has 86 valence electrons. The number of thiocarbonyl (C=S) groups is 1. The third-order valence-corrected chi connectivity index (χ3v) is 2.58. The van der Waals surface area contributed by atoms with Crippen molar-refractivity contribution in [1.29, 1.82) is 0 Å². The molecular weight excluding hydrogens is 220 g/mol. The van der Waals surface area contributed by atoms with E-state index in [9.17, 15) is 4.79 Å². The predicted molar refractivity (Wildman–Crippen MR) is 70.4 cm³/mol. The highest BCUT2D eigenvalue weighted by molar-refractivity contribution is 7.80. The normalized spacial score (nSPS) is 10.0. The first kappa shape index (κ1) is 12.6. The van der Waals surface area contributed by atoms with Crippen molar-refractivity contribution in [3.63, 3.8) is 0 Å². The van der Waals surface area contributed by atoms with Crippen LogP contribution in [0.4, 0.5) is 5.69 Å². The molecule has 0 radical (unpaired) electrons. The molecule has 0 aliphatic rings. The number of nitrogens with one attached hydrogen (secondary N) is 1. The molecule has 0 aromatic heterocycles. The van der Waals surface area contributed by atoms with Gasteiger partial charge in [0.25, 0.3) is 0 Å². The van der Waals surface area contributed by atoms with Crippen molar-refractivity contribution >= 4 is 28.9 Å². The summed E-state index contributed by atoms with van der Waals surface area (Å²) in [5, 5.41) is 3.12. The Labute approximate surface area is 101 Å². The van der Waals surface area contributed by atoms with Crippen molar-refractivity contribution in [2.45, 2.75) is 13.8 Å². The van der Waals surface area contributed by atoms with Crippen LogP contribution in [0.5, 0.6) is 0 Å². The van der Waals surface area contributed by atoms with Gasteiger partial charge in [-0.1, -0.05) is 32.0 Å². The second-order valence-electron chi connectivity index (χ2n) is 3.84. The van der Waals surface area contributed by atoms with E-state index in [1.54, 1.807) is 4.90 Å². The van der Waals surface area contributed by atoms with Crippen molar-refractivity contribution in [2.75, 3.05) is 11.9 Å². The Bertz CT molecular complexity index is 376. The molecule has 3 nitrogen and oxygen atoms in total. The van der Waals surface area contributed by atoms with Crippen molar-refractivity contribution in [1.82, 2.24) is 5.32 Å². The van der Waals surface area contributed by atoms with Crippen molar-refractivity contribution < 1.29 is 4.79 Å². The van der Waals surface area contributed by atoms with Gasteiger partial charge in [0.15, 0.2) is 5.11 Å². The van der Waals surface area contributed by atoms with E-state index in [2.05, 4.69) is 5.32 Å². The van der Waals surface area contributed by atoms with E-state index in [1.165, 1.54) is 0 Å². The molecule has 0 heterocycles. The van der Waals surface area contributed by atoms with Crippen LogP contribution < -0.4 is 10.2 Å². The molecule has 0 atom stereocenters. The molecule has 0 unspecified atom stereocenters. The maximum Gasteiger partial charge on any atom is 0.228 e. The molecule has 4 heteroatoms. The number of amides is 1. The zero-order valence-corrected chi connectivity index (χ0v) is 10.5. The Morgan fingerprint density at radius 3 is 2.38 bits per heavy atom. The third-order valence-electron chi connectivity index (χ3n) is 2.20. The highest BCUT2D eigenvalue weighted by Gasteiger charge is 2.12. The smallest absolute Gasteiger partial charge is 0.228 e. The van der Waals surface area contributed by atoms with Crippen LogP contribution in [0.2, 0.25) is 0 Å². The number of carbonyl (C=O) groups is 1. The summed E-state index contributed by atoms with van der Waals surface area (Å²) in [6.45, 7) is 3.67. The van der Waals surface area contributed by atoms with Crippen molar-refractivity contribution in [3.8, 4) is 0 Å². The largest absolute Gasteiger partial charge is 0.322 e. The fraction of sp³-hybridized carbons (Fsp3) is 0.333. The quantitative estimate of drug-likeness (QED) is 0.799. The lowest BCUT2D eigenvalue weighted by Gasteiger charge is -2.21. The van der Waals surface area contributed by atoms with Crippen LogP contribution in [0.1, 0.15) is 13.8 Å². The van der Waals surface area contributed by atoms with Gasteiger partial charge in [-0.25, -0.2) is 0 Å². The molecule has 0 spiro atoms. The van der Waals surface area contributed by atoms with Crippen LogP contribution >= 0.6 is 12.2 Å². The molecule has 0 aliphatic carbocycles. The van der Waals surface area contributed by atoms with E-state index in [1.807, 2.05) is 51.2 Å². The molecule has 0 saturated carbocycles. The first-order valence-electron chi connectivity index (χ1n) is 5.16. The van der Waals surface area contributed by atoms with Crippen LogP contribution in [0.25, 0.3) is 0 Å². The summed E-state index contributed by atoms with van der Waals surface area (Å²) in [5.41, 5.74) is 0.955. The van der Waals surface area contributed by atoms with E-state index < -0.39 is 0 Å². The number of carbonyl (C=O) groups excluding carboxylic acids is 1. The molecule has 1 aromatic carbocycles. The van der Waals surface area contributed by atoms with Gasteiger partial charge in [-0.05, 0) is 24.4 Å². The minimum absolute atomic E-state index is 0.0622. The molecule has 1 amide bonds. The maximum absolute atomic E-state index is 11.5. The second kappa shape index (κ2) is 5.61. The molecular formula is C12H16N2OS. The minimum Gasteiger partial charge on any atom is -0.322 e. The Kier molecular flexibility index (Phi) is 4.43. The van der Waals surface area contributed by atoms with Gasteiger partial charge in [0, 0.05) is 18.7 Å². The molecule has 1 rings (SSSR count). The summed E-state index contributed by atoms with van der Waals surface area (Å²) in [6.07, 6.45) is 0. The molecule has 16 heavy (non-hydrogen) atoms. The highest BCUT2D eigenvalue weighted by Crippen LogP contribution is 2.11. The number of hydrogen-bond donors (Lipinski definition) is 1. The monoisotopic (exact) mass is 236 g/mol. The molecule has 0 saturated heterocycles. The summed E-state index contributed by atoms with van der Waals surface area (Å²) in [4.78, 5) is 13.2. The van der Waals surface area contributed by atoms with E-state index in [-0.39, 0.29) is 11.8 Å². The fourth-order valence-electron chi connectivity index (χ4n) is 1.10. The number of nitrogens with zero attached hydrogens (tertiary/aromatic N) is 1. The van der Waals surface area contributed by atoms with Gasteiger partial charge in [0.05, 0.1) is 0 Å². The van der Waals surface area contributed by atoms with Gasteiger partial charge in [0.1, 0.15) is 0 Å². The first-order valence-corrected chi connectivity index (χ1v) is 5.56. The lowest BCUT2D eigenvalue weighted by molar-refractivity contribution is -0.122. The SMILES string of the molecule is CC(C)C(=O)NC(=S)N(C)c1ccccc1. The van der Waals surface area contributed by atoms with Crippen LogP contribution in [-0.4, -0.2) is 18.1 Å². The van der Waals surface area contributed by atoms with Gasteiger partial charge in [0.2, 0.25) is 5.91 Å². The topological polar surface area (TPSA) is 32.3 Å². The van der Waals surface area contributed by atoms with E-state index >= 15 is 0 Å².